The maximum atomic E-state index is 4.92. The molecule has 1 heterocycles. The fourth-order valence-electron chi connectivity index (χ4n) is 3.10. The van der Waals surface area contributed by atoms with E-state index in [2.05, 4.69) is 80.6 Å². The topological polar surface area (TPSA) is 12.9 Å². The minimum absolute atomic E-state index is 1.05. The third-order valence-corrected chi connectivity index (χ3v) is 4.24. The summed E-state index contributed by atoms with van der Waals surface area (Å²) in [5.74, 6) is 0. The third kappa shape index (κ3) is 2.06. The Balaban J connectivity index is 2.04. The van der Waals surface area contributed by atoms with E-state index in [1.54, 1.807) is 0 Å². The van der Waals surface area contributed by atoms with E-state index in [0.717, 1.165) is 11.2 Å². The zero-order valence-electron chi connectivity index (χ0n) is 12.8. The summed E-state index contributed by atoms with van der Waals surface area (Å²) < 4.78 is 0. The molecule has 0 aliphatic heterocycles. The molecule has 22 heavy (non-hydrogen) atoms. The Morgan fingerprint density at radius 1 is 0.727 bits per heavy atom. The summed E-state index contributed by atoms with van der Waals surface area (Å²) >= 11 is 0. The van der Waals surface area contributed by atoms with Gasteiger partial charge in [-0.25, -0.2) is 4.98 Å². The van der Waals surface area contributed by atoms with Gasteiger partial charge in [0.2, 0.25) is 0 Å². The van der Waals surface area contributed by atoms with Gasteiger partial charge in [0.1, 0.15) is 0 Å². The first-order valence-electron chi connectivity index (χ1n) is 7.58. The van der Waals surface area contributed by atoms with Crippen LogP contribution in [0.2, 0.25) is 0 Å². The van der Waals surface area contributed by atoms with Crippen LogP contribution in [0.3, 0.4) is 0 Å². The Morgan fingerprint density at radius 2 is 1.55 bits per heavy atom. The van der Waals surface area contributed by atoms with Crippen LogP contribution in [-0.4, -0.2) is 4.98 Å². The second kappa shape index (κ2) is 4.96. The van der Waals surface area contributed by atoms with Crippen LogP contribution in [0.25, 0.3) is 32.9 Å². The SMILES string of the molecule is Cc1ccc2c(C)cc(-c3cccc4ccccc34)nc2c1. The molecule has 1 nitrogen and oxygen atoms in total. The van der Waals surface area contributed by atoms with E-state index in [1.165, 1.54) is 32.8 Å². The smallest absolute Gasteiger partial charge is 0.0718 e. The predicted molar refractivity (Wildman–Crippen MR) is 94.2 cm³/mol. The van der Waals surface area contributed by atoms with Crippen LogP contribution in [0.15, 0.2) is 66.7 Å². The van der Waals surface area contributed by atoms with Crippen molar-refractivity contribution in [1.82, 2.24) is 4.98 Å². The molecule has 4 rings (SSSR count). The molecule has 0 atom stereocenters. The van der Waals surface area contributed by atoms with Gasteiger partial charge >= 0.3 is 0 Å². The number of hydrogen-bond acceptors (Lipinski definition) is 1. The average molecular weight is 283 g/mol. The lowest BCUT2D eigenvalue weighted by Gasteiger charge is -2.10. The minimum atomic E-state index is 1.05. The average Bonchev–Trinajstić information content (AvgIpc) is 2.53. The monoisotopic (exact) mass is 283 g/mol. The zero-order chi connectivity index (χ0) is 15.1. The van der Waals surface area contributed by atoms with Gasteiger partial charge in [0.25, 0.3) is 0 Å². The molecule has 0 radical (unpaired) electrons. The van der Waals surface area contributed by atoms with Gasteiger partial charge in [-0.2, -0.15) is 0 Å². The Kier molecular flexibility index (Phi) is 2.93. The van der Waals surface area contributed by atoms with Gasteiger partial charge < -0.3 is 0 Å². The maximum absolute atomic E-state index is 4.92. The molecular weight excluding hydrogens is 266 g/mol. The van der Waals surface area contributed by atoms with E-state index in [1.807, 2.05) is 0 Å². The molecule has 0 fully saturated rings. The molecule has 0 aliphatic carbocycles. The van der Waals surface area contributed by atoms with Crippen LogP contribution in [0.5, 0.6) is 0 Å². The van der Waals surface area contributed by atoms with Gasteiger partial charge in [-0.1, -0.05) is 54.6 Å². The summed E-state index contributed by atoms with van der Waals surface area (Å²) in [5, 5.41) is 3.74. The molecule has 4 aromatic rings. The molecule has 0 N–H and O–H groups in total. The molecule has 1 heteroatoms. The maximum Gasteiger partial charge on any atom is 0.0718 e. The lowest BCUT2D eigenvalue weighted by Crippen LogP contribution is -1.90. The highest BCUT2D eigenvalue weighted by atomic mass is 14.7. The van der Waals surface area contributed by atoms with Gasteiger partial charge in [-0.3, -0.25) is 0 Å². The van der Waals surface area contributed by atoms with Crippen molar-refractivity contribution < 1.29 is 0 Å². The number of aromatic nitrogens is 1. The van der Waals surface area contributed by atoms with Crippen molar-refractivity contribution in [3.8, 4) is 11.3 Å². The number of benzene rings is 3. The molecule has 0 aliphatic rings. The van der Waals surface area contributed by atoms with Crippen molar-refractivity contribution in [2.75, 3.05) is 0 Å². The molecule has 0 unspecified atom stereocenters. The van der Waals surface area contributed by atoms with Crippen molar-refractivity contribution in [2.24, 2.45) is 0 Å². The van der Waals surface area contributed by atoms with Crippen molar-refractivity contribution in [3.63, 3.8) is 0 Å². The van der Waals surface area contributed by atoms with Crippen molar-refractivity contribution in [1.29, 1.82) is 0 Å². The van der Waals surface area contributed by atoms with E-state index in [-0.39, 0.29) is 0 Å². The molecule has 106 valence electrons. The van der Waals surface area contributed by atoms with Crippen LogP contribution < -0.4 is 0 Å². The highest BCUT2D eigenvalue weighted by Gasteiger charge is 2.08. The summed E-state index contributed by atoms with van der Waals surface area (Å²) in [6, 6.07) is 23.6. The largest absolute Gasteiger partial charge is 0.248 e. The minimum Gasteiger partial charge on any atom is -0.248 e. The molecular formula is C21H17N. The fourth-order valence-corrected chi connectivity index (χ4v) is 3.10. The first-order valence-corrected chi connectivity index (χ1v) is 7.58. The number of rotatable bonds is 1. The molecule has 0 spiro atoms. The number of hydrogen-bond donors (Lipinski definition) is 0. The molecule has 1 aromatic heterocycles. The summed E-state index contributed by atoms with van der Waals surface area (Å²) in [7, 11) is 0. The zero-order valence-corrected chi connectivity index (χ0v) is 12.8. The lowest BCUT2D eigenvalue weighted by atomic mass is 9.99. The van der Waals surface area contributed by atoms with Crippen molar-refractivity contribution in [3.05, 3.63) is 77.9 Å². The van der Waals surface area contributed by atoms with Crippen LogP contribution >= 0.6 is 0 Å². The highest BCUT2D eigenvalue weighted by molar-refractivity contribution is 5.97. The normalized spacial score (nSPS) is 11.2. The second-order valence-corrected chi connectivity index (χ2v) is 5.87. The van der Waals surface area contributed by atoms with E-state index in [4.69, 9.17) is 4.98 Å². The van der Waals surface area contributed by atoms with Crippen molar-refractivity contribution in [2.45, 2.75) is 13.8 Å². The fraction of sp³-hybridized carbons (Fsp3) is 0.0952. The van der Waals surface area contributed by atoms with Crippen LogP contribution in [-0.2, 0) is 0 Å². The van der Waals surface area contributed by atoms with Gasteiger partial charge in [0.05, 0.1) is 11.2 Å². The Bertz CT molecular complexity index is 994. The van der Waals surface area contributed by atoms with E-state index in [0.29, 0.717) is 0 Å². The van der Waals surface area contributed by atoms with E-state index in [9.17, 15) is 0 Å². The van der Waals surface area contributed by atoms with Gasteiger partial charge in [0.15, 0.2) is 0 Å². The van der Waals surface area contributed by atoms with Crippen LogP contribution in [0.4, 0.5) is 0 Å². The molecule has 3 aromatic carbocycles. The Hall–Kier alpha value is -2.67. The quantitative estimate of drug-likeness (QED) is 0.438. The lowest BCUT2D eigenvalue weighted by molar-refractivity contribution is 1.35. The third-order valence-electron chi connectivity index (χ3n) is 4.24. The standard InChI is InChI=1S/C21H17N/c1-14-10-11-17-15(2)13-21(22-20(17)12-14)19-9-5-7-16-6-3-4-8-18(16)19/h3-13H,1-2H3. The van der Waals surface area contributed by atoms with Gasteiger partial charge in [0, 0.05) is 10.9 Å². The molecule has 0 bridgehead atoms. The van der Waals surface area contributed by atoms with Gasteiger partial charge in [-0.05, 0) is 47.9 Å². The summed E-state index contributed by atoms with van der Waals surface area (Å²) in [5.41, 5.74) is 5.84. The Morgan fingerprint density at radius 3 is 2.45 bits per heavy atom. The molecule has 0 amide bonds. The van der Waals surface area contributed by atoms with Crippen molar-refractivity contribution >= 4 is 21.7 Å². The number of fused-ring (bicyclic) bond motifs is 2. The summed E-state index contributed by atoms with van der Waals surface area (Å²) in [4.78, 5) is 4.92. The number of aryl methyl sites for hydroxylation is 2. The molecule has 0 saturated carbocycles. The predicted octanol–water partition coefficient (Wildman–Crippen LogP) is 5.67. The summed E-state index contributed by atoms with van der Waals surface area (Å²) in [6.45, 7) is 4.27. The van der Waals surface area contributed by atoms with Gasteiger partial charge in [-0.15, -0.1) is 0 Å². The van der Waals surface area contributed by atoms with E-state index >= 15 is 0 Å². The Labute approximate surface area is 130 Å². The van der Waals surface area contributed by atoms with Crippen LogP contribution in [0.1, 0.15) is 11.1 Å². The molecule has 0 saturated heterocycles. The highest BCUT2D eigenvalue weighted by Crippen LogP contribution is 2.30. The van der Waals surface area contributed by atoms with Crippen LogP contribution in [0, 0.1) is 13.8 Å². The second-order valence-electron chi connectivity index (χ2n) is 5.87. The number of nitrogens with zero attached hydrogens (tertiary/aromatic N) is 1. The first kappa shape index (κ1) is 13.0. The first-order chi connectivity index (χ1) is 10.7. The number of pyridine rings is 1. The summed E-state index contributed by atoms with van der Waals surface area (Å²) in [6.07, 6.45) is 0. The van der Waals surface area contributed by atoms with E-state index < -0.39 is 0 Å².